The molecule has 8 heteroatoms. The first-order valence-electron chi connectivity index (χ1n) is 10.4. The van der Waals surface area contributed by atoms with Gasteiger partial charge < -0.3 is 5.73 Å². The highest BCUT2D eigenvalue weighted by Crippen LogP contribution is 2.26. The molecule has 1 unspecified atom stereocenters. The van der Waals surface area contributed by atoms with E-state index >= 15 is 0 Å². The van der Waals surface area contributed by atoms with Crippen LogP contribution in [0.25, 0.3) is 10.3 Å². The van der Waals surface area contributed by atoms with Gasteiger partial charge in [0.15, 0.2) is 10.3 Å². The number of nitrogens with zero attached hydrogens (tertiary/aromatic N) is 5. The molecule has 3 aromatic heterocycles. The molecule has 31 heavy (non-hydrogen) atoms. The molecule has 0 aliphatic heterocycles. The lowest BCUT2D eigenvalue weighted by molar-refractivity contribution is 0.176. The van der Waals surface area contributed by atoms with Gasteiger partial charge in [0.1, 0.15) is 5.82 Å². The topological polar surface area (TPSA) is 89.9 Å². The third kappa shape index (κ3) is 4.71. The first kappa shape index (κ1) is 21.3. The summed E-state index contributed by atoms with van der Waals surface area (Å²) in [4.78, 5) is 29.7. The zero-order chi connectivity index (χ0) is 21.6. The van der Waals surface area contributed by atoms with E-state index in [-0.39, 0.29) is 11.6 Å². The van der Waals surface area contributed by atoms with Crippen molar-refractivity contribution in [3.8, 4) is 0 Å². The van der Waals surface area contributed by atoms with E-state index in [1.54, 1.807) is 22.5 Å². The molecule has 0 spiro atoms. The van der Waals surface area contributed by atoms with E-state index < -0.39 is 0 Å². The summed E-state index contributed by atoms with van der Waals surface area (Å²) in [5.41, 5.74) is 10.2. The molecule has 0 saturated carbocycles. The minimum atomic E-state index is -0.0971. The summed E-state index contributed by atoms with van der Waals surface area (Å²) in [5, 5.41) is 0. The molecular weight excluding hydrogens is 408 g/mol. The smallest absolute Gasteiger partial charge is 0.281 e. The monoisotopic (exact) mass is 434 g/mol. The third-order valence-electron chi connectivity index (χ3n) is 5.35. The Morgan fingerprint density at radius 1 is 1.13 bits per heavy atom. The standard InChI is InChI=1S/C23H26N6OS/c1-2-19(28(13-10-24)14-18-8-11-25-12-9-18)21-27-22-20(26-16-31-22)23(30)29(21)15-17-6-4-3-5-7-17/h3-9,11-12,16,19H,2,10,13-15,24H2,1H3. The fourth-order valence-electron chi connectivity index (χ4n) is 3.87. The quantitative estimate of drug-likeness (QED) is 0.435. The summed E-state index contributed by atoms with van der Waals surface area (Å²) in [6.45, 7) is 4.50. The van der Waals surface area contributed by atoms with Gasteiger partial charge in [-0.05, 0) is 29.7 Å². The maximum absolute atomic E-state index is 13.4. The lowest BCUT2D eigenvalue weighted by atomic mass is 10.1. The molecule has 0 aliphatic rings. The highest BCUT2D eigenvalue weighted by atomic mass is 32.1. The first-order chi connectivity index (χ1) is 15.2. The fraction of sp³-hybridized carbons (Fsp3) is 0.304. The van der Waals surface area contributed by atoms with Crippen LogP contribution in [0.1, 0.15) is 36.3 Å². The number of fused-ring (bicyclic) bond motifs is 1. The second-order valence-corrected chi connectivity index (χ2v) is 8.22. The number of hydrogen-bond acceptors (Lipinski definition) is 7. The molecule has 0 saturated heterocycles. The van der Waals surface area contributed by atoms with Crippen molar-refractivity contribution in [3.05, 3.63) is 87.7 Å². The maximum atomic E-state index is 13.4. The Balaban J connectivity index is 1.80. The average Bonchev–Trinajstić information content (AvgIpc) is 3.27. The maximum Gasteiger partial charge on any atom is 0.281 e. The first-order valence-corrected chi connectivity index (χ1v) is 11.3. The normalized spacial score (nSPS) is 12.5. The second kappa shape index (κ2) is 9.91. The van der Waals surface area contributed by atoms with Crippen molar-refractivity contribution in [1.29, 1.82) is 0 Å². The number of aromatic nitrogens is 4. The molecule has 1 atom stereocenters. The van der Waals surface area contributed by atoms with Gasteiger partial charge in [0, 0.05) is 32.0 Å². The zero-order valence-electron chi connectivity index (χ0n) is 17.5. The van der Waals surface area contributed by atoms with E-state index in [1.807, 2.05) is 42.5 Å². The Kier molecular flexibility index (Phi) is 6.81. The molecule has 0 bridgehead atoms. The van der Waals surface area contributed by atoms with E-state index in [9.17, 15) is 4.79 Å². The predicted octanol–water partition coefficient (Wildman–Crippen LogP) is 3.21. The highest BCUT2D eigenvalue weighted by Gasteiger charge is 2.25. The number of pyridine rings is 1. The minimum absolute atomic E-state index is 0.0559. The molecule has 0 fully saturated rings. The Morgan fingerprint density at radius 3 is 2.61 bits per heavy atom. The van der Waals surface area contributed by atoms with Crippen molar-refractivity contribution < 1.29 is 0 Å². The number of thiazole rings is 1. The van der Waals surface area contributed by atoms with Crippen LogP contribution in [-0.2, 0) is 13.1 Å². The Hall–Kier alpha value is -2.94. The molecule has 1 aromatic carbocycles. The molecule has 0 radical (unpaired) electrons. The van der Waals surface area contributed by atoms with Crippen molar-refractivity contribution in [3.63, 3.8) is 0 Å². The van der Waals surface area contributed by atoms with Crippen molar-refractivity contribution in [2.75, 3.05) is 13.1 Å². The van der Waals surface area contributed by atoms with Gasteiger partial charge in [-0.1, -0.05) is 37.3 Å². The molecule has 160 valence electrons. The minimum Gasteiger partial charge on any atom is -0.329 e. The summed E-state index contributed by atoms with van der Waals surface area (Å²) in [6, 6.07) is 13.9. The van der Waals surface area contributed by atoms with Gasteiger partial charge in [-0.25, -0.2) is 9.97 Å². The SMILES string of the molecule is CCC(c1nc2scnc2c(=O)n1Cc1ccccc1)N(CCN)Cc1ccncc1. The molecule has 0 aliphatic carbocycles. The van der Waals surface area contributed by atoms with E-state index in [4.69, 9.17) is 10.7 Å². The van der Waals surface area contributed by atoms with Crippen molar-refractivity contribution in [2.24, 2.45) is 5.73 Å². The van der Waals surface area contributed by atoms with E-state index in [0.29, 0.717) is 36.5 Å². The fourth-order valence-corrected chi connectivity index (χ4v) is 4.53. The molecule has 3 heterocycles. The summed E-state index contributed by atoms with van der Waals surface area (Å²) < 4.78 is 1.78. The molecule has 2 N–H and O–H groups in total. The van der Waals surface area contributed by atoms with Crippen LogP contribution in [0.15, 0.2) is 65.2 Å². The number of benzene rings is 1. The van der Waals surface area contributed by atoms with Crippen LogP contribution in [0, 0.1) is 0 Å². The highest BCUT2D eigenvalue weighted by molar-refractivity contribution is 7.16. The van der Waals surface area contributed by atoms with Crippen molar-refractivity contribution in [1.82, 2.24) is 24.4 Å². The van der Waals surface area contributed by atoms with Crippen LogP contribution in [0.2, 0.25) is 0 Å². The Morgan fingerprint density at radius 2 is 1.90 bits per heavy atom. The van der Waals surface area contributed by atoms with E-state index in [2.05, 4.69) is 21.8 Å². The van der Waals surface area contributed by atoms with Gasteiger partial charge in [0.2, 0.25) is 0 Å². The van der Waals surface area contributed by atoms with Crippen LogP contribution < -0.4 is 11.3 Å². The summed E-state index contributed by atoms with van der Waals surface area (Å²) in [6.07, 6.45) is 4.39. The van der Waals surface area contributed by atoms with E-state index in [1.165, 1.54) is 11.3 Å². The average molecular weight is 435 g/mol. The number of nitrogens with two attached hydrogens (primary N) is 1. The van der Waals surface area contributed by atoms with Crippen LogP contribution in [-0.4, -0.2) is 37.5 Å². The van der Waals surface area contributed by atoms with Gasteiger partial charge in [0.25, 0.3) is 5.56 Å². The molecule has 0 amide bonds. The van der Waals surface area contributed by atoms with Crippen LogP contribution in [0.3, 0.4) is 0 Å². The van der Waals surface area contributed by atoms with Crippen LogP contribution in [0.5, 0.6) is 0 Å². The number of hydrogen-bond donors (Lipinski definition) is 1. The molecular formula is C23H26N6OS. The second-order valence-electron chi connectivity index (χ2n) is 7.39. The lowest BCUT2D eigenvalue weighted by Gasteiger charge is -2.31. The number of rotatable bonds is 9. The van der Waals surface area contributed by atoms with Gasteiger partial charge in [-0.15, -0.1) is 11.3 Å². The lowest BCUT2D eigenvalue weighted by Crippen LogP contribution is -2.37. The zero-order valence-corrected chi connectivity index (χ0v) is 18.3. The predicted molar refractivity (Wildman–Crippen MR) is 124 cm³/mol. The molecule has 4 aromatic rings. The van der Waals surface area contributed by atoms with Gasteiger partial charge in [-0.3, -0.25) is 19.2 Å². The van der Waals surface area contributed by atoms with Crippen molar-refractivity contribution in [2.45, 2.75) is 32.5 Å². The van der Waals surface area contributed by atoms with Crippen LogP contribution in [0.4, 0.5) is 0 Å². The molecule has 4 rings (SSSR count). The molecule has 7 nitrogen and oxygen atoms in total. The van der Waals surface area contributed by atoms with Gasteiger partial charge in [-0.2, -0.15) is 0 Å². The summed E-state index contributed by atoms with van der Waals surface area (Å²) in [7, 11) is 0. The Bertz CT molecular complexity index is 1180. The summed E-state index contributed by atoms with van der Waals surface area (Å²) >= 11 is 1.40. The van der Waals surface area contributed by atoms with Gasteiger partial charge in [0.05, 0.1) is 18.1 Å². The largest absolute Gasteiger partial charge is 0.329 e. The van der Waals surface area contributed by atoms with E-state index in [0.717, 1.165) is 23.4 Å². The Labute approximate surface area is 185 Å². The van der Waals surface area contributed by atoms with Crippen molar-refractivity contribution >= 4 is 21.7 Å². The van der Waals surface area contributed by atoms with Gasteiger partial charge >= 0.3 is 0 Å². The third-order valence-corrected chi connectivity index (χ3v) is 6.07. The summed E-state index contributed by atoms with van der Waals surface area (Å²) in [5.74, 6) is 0.760. The van der Waals surface area contributed by atoms with Crippen LogP contribution >= 0.6 is 11.3 Å².